The van der Waals surface area contributed by atoms with Gasteiger partial charge in [0.15, 0.2) is 0 Å². The van der Waals surface area contributed by atoms with Gasteiger partial charge in [-0.2, -0.15) is 0 Å². The highest BCUT2D eigenvalue weighted by Gasteiger charge is 2.14. The number of hydrogen-bond acceptors (Lipinski definition) is 2. The van der Waals surface area contributed by atoms with Crippen LogP contribution in [0.3, 0.4) is 0 Å². The zero-order chi connectivity index (χ0) is 15.9. The molecule has 0 aliphatic rings. The number of benzene rings is 2. The van der Waals surface area contributed by atoms with E-state index in [2.05, 4.69) is 26.2 Å². The normalized spacial score (nSPS) is 10.9. The predicted molar refractivity (Wildman–Crippen MR) is 82.6 cm³/mol. The lowest BCUT2D eigenvalue weighted by Crippen LogP contribution is -1.95. The SMILES string of the molecule is O=C(O)c1cc2c(Nc3cc(Br)ccc3F)ccc(F)c2[nH]1. The molecule has 0 fully saturated rings. The Balaban J connectivity index is 2.13. The average Bonchev–Trinajstić information content (AvgIpc) is 2.92. The van der Waals surface area contributed by atoms with E-state index < -0.39 is 17.6 Å². The van der Waals surface area contributed by atoms with E-state index >= 15 is 0 Å². The molecule has 0 unspecified atom stereocenters. The molecule has 0 saturated carbocycles. The maximum absolute atomic E-state index is 13.8. The number of carboxylic acids is 1. The van der Waals surface area contributed by atoms with Crippen molar-refractivity contribution >= 4 is 44.2 Å². The summed E-state index contributed by atoms with van der Waals surface area (Å²) < 4.78 is 28.3. The third kappa shape index (κ3) is 2.55. The topological polar surface area (TPSA) is 65.1 Å². The highest BCUT2D eigenvalue weighted by Crippen LogP contribution is 2.31. The van der Waals surface area contributed by atoms with Crippen LogP contribution in [0, 0.1) is 11.6 Å². The molecule has 0 amide bonds. The maximum Gasteiger partial charge on any atom is 0.352 e. The Hall–Kier alpha value is -2.41. The number of H-pyrrole nitrogens is 1. The number of carboxylic acid groups (broad SMARTS) is 1. The predicted octanol–water partition coefficient (Wildman–Crippen LogP) is 4.65. The van der Waals surface area contributed by atoms with Gasteiger partial charge in [0.25, 0.3) is 0 Å². The molecule has 3 aromatic rings. The summed E-state index contributed by atoms with van der Waals surface area (Å²) in [5.74, 6) is -2.26. The fraction of sp³-hybridized carbons (Fsp3) is 0. The Kier molecular flexibility index (Phi) is 3.58. The van der Waals surface area contributed by atoms with E-state index in [-0.39, 0.29) is 16.9 Å². The zero-order valence-corrected chi connectivity index (χ0v) is 12.5. The Labute approximate surface area is 131 Å². The van der Waals surface area contributed by atoms with Crippen LogP contribution in [-0.2, 0) is 0 Å². The number of rotatable bonds is 3. The molecule has 4 nitrogen and oxygen atoms in total. The third-order valence-corrected chi connectivity index (χ3v) is 3.66. The van der Waals surface area contributed by atoms with Gasteiger partial charge in [0.05, 0.1) is 11.2 Å². The lowest BCUT2D eigenvalue weighted by Gasteiger charge is -2.09. The monoisotopic (exact) mass is 366 g/mol. The van der Waals surface area contributed by atoms with E-state index in [1.807, 2.05) is 0 Å². The molecule has 0 aliphatic heterocycles. The van der Waals surface area contributed by atoms with Gasteiger partial charge in [0, 0.05) is 15.5 Å². The number of nitrogens with one attached hydrogen (secondary N) is 2. The van der Waals surface area contributed by atoms with Crippen LogP contribution in [0.5, 0.6) is 0 Å². The second-order valence-electron chi connectivity index (χ2n) is 4.62. The molecular weight excluding hydrogens is 358 g/mol. The summed E-state index contributed by atoms with van der Waals surface area (Å²) in [6.07, 6.45) is 0. The van der Waals surface area contributed by atoms with Gasteiger partial charge in [-0.05, 0) is 36.4 Å². The molecule has 2 aromatic carbocycles. The summed E-state index contributed by atoms with van der Waals surface area (Å²) in [5.41, 5.74) is 0.508. The second-order valence-corrected chi connectivity index (χ2v) is 5.54. The lowest BCUT2D eigenvalue weighted by atomic mass is 10.2. The minimum atomic E-state index is -1.20. The van der Waals surface area contributed by atoms with E-state index in [0.717, 1.165) is 0 Å². The molecular formula is C15H9BrF2N2O2. The van der Waals surface area contributed by atoms with E-state index in [0.29, 0.717) is 15.5 Å². The fourth-order valence-electron chi connectivity index (χ4n) is 2.15. The van der Waals surface area contributed by atoms with Crippen LogP contribution >= 0.6 is 15.9 Å². The molecule has 3 N–H and O–H groups in total. The number of aromatic carboxylic acids is 1. The van der Waals surface area contributed by atoms with Gasteiger partial charge in [0.2, 0.25) is 0 Å². The highest BCUT2D eigenvalue weighted by molar-refractivity contribution is 9.10. The van der Waals surface area contributed by atoms with Gasteiger partial charge in [-0.3, -0.25) is 0 Å². The van der Waals surface area contributed by atoms with E-state index in [1.54, 1.807) is 6.07 Å². The quantitative estimate of drug-likeness (QED) is 0.631. The lowest BCUT2D eigenvalue weighted by molar-refractivity contribution is 0.0691. The molecule has 0 bridgehead atoms. The van der Waals surface area contributed by atoms with Crippen molar-refractivity contribution in [3.8, 4) is 0 Å². The maximum atomic E-state index is 13.8. The average molecular weight is 367 g/mol. The summed E-state index contributed by atoms with van der Waals surface area (Å²) in [7, 11) is 0. The Morgan fingerprint density at radius 2 is 1.82 bits per heavy atom. The van der Waals surface area contributed by atoms with Gasteiger partial charge >= 0.3 is 5.97 Å². The Bertz CT molecular complexity index is 893. The van der Waals surface area contributed by atoms with Crippen molar-refractivity contribution in [2.24, 2.45) is 0 Å². The number of anilines is 2. The van der Waals surface area contributed by atoms with Crippen LogP contribution in [0.2, 0.25) is 0 Å². The van der Waals surface area contributed by atoms with E-state index in [4.69, 9.17) is 5.11 Å². The third-order valence-electron chi connectivity index (χ3n) is 3.17. The standard InChI is InChI=1S/C15H9BrF2N2O2/c16-7-1-2-9(17)12(5-7)19-11-4-3-10(18)14-8(11)6-13(20-14)15(21)22/h1-6,19-20H,(H,21,22). The molecule has 0 spiro atoms. The number of aromatic nitrogens is 1. The summed E-state index contributed by atoms with van der Waals surface area (Å²) in [5, 5.41) is 12.2. The summed E-state index contributed by atoms with van der Waals surface area (Å²) >= 11 is 3.24. The van der Waals surface area contributed by atoms with Crippen molar-refractivity contribution in [2.75, 3.05) is 5.32 Å². The first-order valence-electron chi connectivity index (χ1n) is 6.22. The minimum absolute atomic E-state index is 0.0535. The number of hydrogen-bond donors (Lipinski definition) is 3. The first kappa shape index (κ1) is 14.5. The van der Waals surface area contributed by atoms with Crippen LogP contribution in [0.25, 0.3) is 10.9 Å². The first-order valence-corrected chi connectivity index (χ1v) is 7.01. The van der Waals surface area contributed by atoms with Gasteiger partial charge in [-0.15, -0.1) is 0 Å². The Morgan fingerprint density at radius 3 is 2.55 bits per heavy atom. The Morgan fingerprint density at radius 1 is 1.09 bits per heavy atom. The molecule has 0 atom stereocenters. The van der Waals surface area contributed by atoms with Crippen molar-refractivity contribution in [1.82, 2.24) is 4.98 Å². The molecule has 3 rings (SSSR count). The number of halogens is 3. The number of fused-ring (bicyclic) bond motifs is 1. The van der Waals surface area contributed by atoms with Crippen LogP contribution < -0.4 is 5.32 Å². The molecule has 0 radical (unpaired) electrons. The van der Waals surface area contributed by atoms with Gasteiger partial charge in [0.1, 0.15) is 17.3 Å². The van der Waals surface area contributed by atoms with Crippen LogP contribution in [0.15, 0.2) is 40.9 Å². The molecule has 7 heteroatoms. The van der Waals surface area contributed by atoms with Crippen LogP contribution in [0.4, 0.5) is 20.2 Å². The summed E-state index contributed by atoms with van der Waals surface area (Å²) in [4.78, 5) is 13.5. The molecule has 22 heavy (non-hydrogen) atoms. The van der Waals surface area contributed by atoms with Gasteiger partial charge in [-0.1, -0.05) is 15.9 Å². The largest absolute Gasteiger partial charge is 0.477 e. The van der Waals surface area contributed by atoms with Gasteiger partial charge in [-0.25, -0.2) is 13.6 Å². The van der Waals surface area contributed by atoms with E-state index in [1.165, 1.54) is 30.3 Å². The number of carbonyl (C=O) groups is 1. The second kappa shape index (κ2) is 5.42. The van der Waals surface area contributed by atoms with Crippen LogP contribution in [-0.4, -0.2) is 16.1 Å². The smallest absolute Gasteiger partial charge is 0.352 e. The van der Waals surface area contributed by atoms with Crippen molar-refractivity contribution in [3.05, 3.63) is 58.2 Å². The van der Waals surface area contributed by atoms with Gasteiger partial charge < -0.3 is 15.4 Å². The fourth-order valence-corrected chi connectivity index (χ4v) is 2.51. The molecule has 1 aromatic heterocycles. The van der Waals surface area contributed by atoms with Crippen molar-refractivity contribution < 1.29 is 18.7 Å². The number of aromatic amines is 1. The van der Waals surface area contributed by atoms with Crippen molar-refractivity contribution in [1.29, 1.82) is 0 Å². The van der Waals surface area contributed by atoms with E-state index in [9.17, 15) is 13.6 Å². The first-order chi connectivity index (χ1) is 10.5. The minimum Gasteiger partial charge on any atom is -0.477 e. The summed E-state index contributed by atoms with van der Waals surface area (Å²) in [6.45, 7) is 0. The highest BCUT2D eigenvalue weighted by atomic mass is 79.9. The molecule has 0 aliphatic carbocycles. The van der Waals surface area contributed by atoms with Crippen molar-refractivity contribution in [2.45, 2.75) is 0 Å². The summed E-state index contributed by atoms with van der Waals surface area (Å²) in [6, 6.07) is 8.29. The zero-order valence-electron chi connectivity index (χ0n) is 11.0. The molecule has 0 saturated heterocycles. The molecule has 1 heterocycles. The molecule has 112 valence electrons. The van der Waals surface area contributed by atoms with Crippen molar-refractivity contribution in [3.63, 3.8) is 0 Å². The van der Waals surface area contributed by atoms with Crippen LogP contribution in [0.1, 0.15) is 10.5 Å².